The van der Waals surface area contributed by atoms with E-state index in [1.54, 1.807) is 0 Å². The summed E-state index contributed by atoms with van der Waals surface area (Å²) >= 11 is 0. The molecule has 0 unspecified atom stereocenters. The summed E-state index contributed by atoms with van der Waals surface area (Å²) in [7, 11) is 4.03. The van der Waals surface area contributed by atoms with Crippen molar-refractivity contribution < 1.29 is 14.3 Å². The Morgan fingerprint density at radius 2 is 1.67 bits per heavy atom. The first kappa shape index (κ1) is 22.6. The molecule has 7 nitrogen and oxygen atoms in total. The molecule has 1 aliphatic heterocycles. The van der Waals surface area contributed by atoms with E-state index in [4.69, 9.17) is 4.74 Å². The highest BCUT2D eigenvalue weighted by Crippen LogP contribution is 2.24. The summed E-state index contributed by atoms with van der Waals surface area (Å²) in [5.41, 5.74) is 2.26. The van der Waals surface area contributed by atoms with Gasteiger partial charge < -0.3 is 20.3 Å². The van der Waals surface area contributed by atoms with Crippen LogP contribution in [0.5, 0.6) is 0 Å². The van der Waals surface area contributed by atoms with Crippen molar-refractivity contribution >= 4 is 17.5 Å². The SMILES string of the molecule is CN(C)c1ccc([C@H](CNC(=O)C(=O)NC2CCCCCC2)N2CCOCC2)cc1. The van der Waals surface area contributed by atoms with Crippen LogP contribution in [0.15, 0.2) is 24.3 Å². The summed E-state index contributed by atoms with van der Waals surface area (Å²) in [5, 5.41) is 5.81. The number of nitrogens with zero attached hydrogens (tertiary/aromatic N) is 2. The van der Waals surface area contributed by atoms with Gasteiger partial charge in [0, 0.05) is 45.5 Å². The number of anilines is 1. The van der Waals surface area contributed by atoms with Crippen molar-refractivity contribution in [2.75, 3.05) is 51.8 Å². The van der Waals surface area contributed by atoms with Gasteiger partial charge in [-0.15, -0.1) is 0 Å². The molecule has 7 heteroatoms. The Bertz CT molecular complexity index is 678. The van der Waals surface area contributed by atoms with Crippen molar-refractivity contribution in [1.29, 1.82) is 0 Å². The van der Waals surface area contributed by atoms with Crippen LogP contribution >= 0.6 is 0 Å². The summed E-state index contributed by atoms with van der Waals surface area (Å²) in [5.74, 6) is -1.05. The Labute approximate surface area is 180 Å². The Morgan fingerprint density at radius 1 is 1.03 bits per heavy atom. The van der Waals surface area contributed by atoms with Crippen LogP contribution in [0.25, 0.3) is 0 Å². The zero-order valence-electron chi connectivity index (χ0n) is 18.4. The second-order valence-electron chi connectivity index (χ2n) is 8.52. The second-order valence-corrected chi connectivity index (χ2v) is 8.52. The Hall–Kier alpha value is -2.12. The number of carbonyl (C=O) groups excluding carboxylic acids is 2. The van der Waals surface area contributed by atoms with Gasteiger partial charge in [-0.25, -0.2) is 0 Å². The predicted molar refractivity (Wildman–Crippen MR) is 119 cm³/mol. The lowest BCUT2D eigenvalue weighted by atomic mass is 10.0. The molecule has 1 aromatic rings. The highest BCUT2D eigenvalue weighted by molar-refractivity contribution is 6.35. The third-order valence-electron chi connectivity index (χ3n) is 6.13. The molecule has 1 saturated heterocycles. The lowest BCUT2D eigenvalue weighted by molar-refractivity contribution is -0.139. The lowest BCUT2D eigenvalue weighted by Gasteiger charge is -2.35. The maximum Gasteiger partial charge on any atom is 0.309 e. The molecule has 1 atom stereocenters. The van der Waals surface area contributed by atoms with Gasteiger partial charge in [0.15, 0.2) is 0 Å². The van der Waals surface area contributed by atoms with E-state index in [0.29, 0.717) is 19.8 Å². The minimum absolute atomic E-state index is 0.0137. The summed E-state index contributed by atoms with van der Waals surface area (Å²) in [6.07, 6.45) is 6.60. The molecule has 2 amide bonds. The van der Waals surface area contributed by atoms with Gasteiger partial charge in [0.25, 0.3) is 0 Å². The van der Waals surface area contributed by atoms with Crippen LogP contribution in [0.1, 0.15) is 50.1 Å². The van der Waals surface area contributed by atoms with Gasteiger partial charge in [0.05, 0.1) is 19.3 Å². The highest BCUT2D eigenvalue weighted by Gasteiger charge is 2.25. The zero-order valence-corrected chi connectivity index (χ0v) is 18.4. The molecule has 1 aromatic carbocycles. The predicted octanol–water partition coefficient (Wildman–Crippen LogP) is 2.08. The normalized spacial score (nSPS) is 19.5. The van der Waals surface area contributed by atoms with Crippen molar-refractivity contribution in [2.24, 2.45) is 0 Å². The number of morpholine rings is 1. The topological polar surface area (TPSA) is 73.9 Å². The molecule has 3 rings (SSSR count). The van der Waals surface area contributed by atoms with Crippen molar-refractivity contribution in [3.8, 4) is 0 Å². The van der Waals surface area contributed by atoms with Crippen LogP contribution in [0, 0.1) is 0 Å². The maximum absolute atomic E-state index is 12.5. The molecule has 0 aromatic heterocycles. The summed E-state index contributed by atoms with van der Waals surface area (Å²) in [6.45, 7) is 3.39. The third kappa shape index (κ3) is 6.44. The fraction of sp³-hybridized carbons (Fsp3) is 0.652. The molecule has 0 spiro atoms. The smallest absolute Gasteiger partial charge is 0.309 e. The number of benzene rings is 1. The van der Waals surface area contributed by atoms with E-state index in [1.807, 2.05) is 14.1 Å². The second kappa shape index (κ2) is 11.3. The molecular weight excluding hydrogens is 380 g/mol. The Morgan fingerprint density at radius 3 is 2.27 bits per heavy atom. The van der Waals surface area contributed by atoms with E-state index in [2.05, 4.69) is 44.7 Å². The zero-order chi connectivity index (χ0) is 21.3. The fourth-order valence-electron chi connectivity index (χ4n) is 4.29. The maximum atomic E-state index is 12.5. The summed E-state index contributed by atoms with van der Waals surface area (Å²) in [6, 6.07) is 8.52. The molecule has 1 saturated carbocycles. The number of rotatable bonds is 6. The number of amides is 2. The fourth-order valence-corrected chi connectivity index (χ4v) is 4.29. The molecule has 2 aliphatic rings. The minimum Gasteiger partial charge on any atom is -0.379 e. The molecule has 166 valence electrons. The van der Waals surface area contributed by atoms with Crippen LogP contribution in [0.4, 0.5) is 5.69 Å². The summed E-state index contributed by atoms with van der Waals surface area (Å²) in [4.78, 5) is 29.3. The van der Waals surface area contributed by atoms with Crippen LogP contribution in [0.3, 0.4) is 0 Å². The largest absolute Gasteiger partial charge is 0.379 e. The summed E-state index contributed by atoms with van der Waals surface area (Å²) < 4.78 is 5.50. The lowest BCUT2D eigenvalue weighted by Crippen LogP contribution is -2.48. The number of hydrogen-bond donors (Lipinski definition) is 2. The van der Waals surface area contributed by atoms with E-state index >= 15 is 0 Å². The molecule has 2 N–H and O–H groups in total. The van der Waals surface area contributed by atoms with E-state index in [0.717, 1.165) is 50.0 Å². The number of hydrogen-bond acceptors (Lipinski definition) is 5. The van der Waals surface area contributed by atoms with E-state index in [1.165, 1.54) is 12.8 Å². The quantitative estimate of drug-likeness (QED) is 0.549. The average Bonchev–Trinajstić information content (AvgIpc) is 3.03. The molecule has 1 heterocycles. The minimum atomic E-state index is -0.539. The van der Waals surface area contributed by atoms with Gasteiger partial charge in [-0.05, 0) is 30.5 Å². The average molecular weight is 417 g/mol. The van der Waals surface area contributed by atoms with E-state index in [9.17, 15) is 9.59 Å². The monoisotopic (exact) mass is 416 g/mol. The van der Waals surface area contributed by atoms with Gasteiger partial charge in [0.1, 0.15) is 0 Å². The van der Waals surface area contributed by atoms with Gasteiger partial charge in [-0.3, -0.25) is 14.5 Å². The third-order valence-corrected chi connectivity index (χ3v) is 6.13. The Kier molecular flexibility index (Phi) is 8.51. The number of ether oxygens (including phenoxy) is 1. The molecular formula is C23H36N4O3. The van der Waals surface area contributed by atoms with Crippen LogP contribution in [0.2, 0.25) is 0 Å². The Balaban J connectivity index is 1.60. The van der Waals surface area contributed by atoms with E-state index in [-0.39, 0.29) is 12.1 Å². The molecule has 1 aliphatic carbocycles. The molecule has 0 bridgehead atoms. The van der Waals surface area contributed by atoms with Gasteiger partial charge >= 0.3 is 11.8 Å². The van der Waals surface area contributed by atoms with Crippen LogP contribution in [-0.4, -0.2) is 69.7 Å². The molecule has 0 radical (unpaired) electrons. The van der Waals surface area contributed by atoms with Crippen LogP contribution in [-0.2, 0) is 14.3 Å². The van der Waals surface area contributed by atoms with Crippen LogP contribution < -0.4 is 15.5 Å². The number of carbonyl (C=O) groups is 2. The van der Waals surface area contributed by atoms with Gasteiger partial charge in [-0.2, -0.15) is 0 Å². The van der Waals surface area contributed by atoms with Crippen molar-refractivity contribution in [1.82, 2.24) is 15.5 Å². The van der Waals surface area contributed by atoms with Crippen molar-refractivity contribution in [3.05, 3.63) is 29.8 Å². The first-order valence-electron chi connectivity index (χ1n) is 11.2. The van der Waals surface area contributed by atoms with Gasteiger partial charge in [-0.1, -0.05) is 37.8 Å². The standard InChI is InChI=1S/C23H36N4O3/c1-26(2)20-11-9-18(10-12-20)21(27-13-15-30-16-14-27)17-24-22(28)23(29)25-19-7-5-3-4-6-8-19/h9-12,19,21H,3-8,13-17H2,1-2H3,(H,24,28)(H,25,29)/t21-/m0/s1. The number of nitrogens with one attached hydrogen (secondary N) is 2. The van der Waals surface area contributed by atoms with Gasteiger partial charge in [0.2, 0.25) is 0 Å². The van der Waals surface area contributed by atoms with Crippen molar-refractivity contribution in [2.45, 2.75) is 50.6 Å². The highest BCUT2D eigenvalue weighted by atomic mass is 16.5. The molecule has 30 heavy (non-hydrogen) atoms. The molecule has 2 fully saturated rings. The first-order chi connectivity index (χ1) is 14.5. The van der Waals surface area contributed by atoms with E-state index < -0.39 is 11.8 Å². The first-order valence-corrected chi connectivity index (χ1v) is 11.2. The van der Waals surface area contributed by atoms with Crippen molar-refractivity contribution in [3.63, 3.8) is 0 Å².